The van der Waals surface area contributed by atoms with Gasteiger partial charge in [-0.15, -0.1) is 0 Å². The Balaban J connectivity index is 2.16. The summed E-state index contributed by atoms with van der Waals surface area (Å²) in [6, 6.07) is 16.1. The molecule has 0 heterocycles. The molecular formula is C27H28Cl3N3O5S. The fourth-order valence-electron chi connectivity index (χ4n) is 4.03. The molecule has 3 rings (SSSR count). The minimum Gasteiger partial charge on any atom is -0.495 e. The molecule has 1 unspecified atom stereocenters. The van der Waals surface area contributed by atoms with Crippen LogP contribution in [0.4, 0.5) is 5.69 Å². The highest BCUT2D eigenvalue weighted by Crippen LogP contribution is 2.35. The highest BCUT2D eigenvalue weighted by atomic mass is 35.5. The van der Waals surface area contributed by atoms with Crippen molar-refractivity contribution in [2.75, 3.05) is 25.0 Å². The summed E-state index contributed by atoms with van der Waals surface area (Å²) in [6.07, 6.45) is 0.249. The van der Waals surface area contributed by atoms with Crippen molar-refractivity contribution < 1.29 is 22.7 Å². The Kier molecular flexibility index (Phi) is 10.5. The van der Waals surface area contributed by atoms with Crippen molar-refractivity contribution >= 4 is 62.3 Å². The molecule has 0 aliphatic heterocycles. The van der Waals surface area contributed by atoms with E-state index >= 15 is 0 Å². The van der Waals surface area contributed by atoms with Crippen LogP contribution in [0.2, 0.25) is 15.1 Å². The van der Waals surface area contributed by atoms with Gasteiger partial charge in [0.1, 0.15) is 18.3 Å². The minimum absolute atomic E-state index is 0.0427. The van der Waals surface area contributed by atoms with Crippen LogP contribution in [0, 0.1) is 0 Å². The number of sulfonamides is 1. The van der Waals surface area contributed by atoms with Crippen molar-refractivity contribution in [1.29, 1.82) is 0 Å². The van der Waals surface area contributed by atoms with Crippen LogP contribution in [0.5, 0.6) is 5.75 Å². The van der Waals surface area contributed by atoms with E-state index in [9.17, 15) is 18.0 Å². The van der Waals surface area contributed by atoms with Crippen LogP contribution >= 0.6 is 34.8 Å². The Bertz CT molecular complexity index is 1420. The van der Waals surface area contributed by atoms with Crippen LogP contribution in [0.15, 0.2) is 71.6 Å². The standard InChI is InChI=1S/C27H28Cl3N3O5S/c1-4-23(27(35)31-2)32(16-20-21(29)11-8-12-22(20)30)26(34)17-33(24-15-18(28)13-14-25(24)38-3)39(36,37)19-9-6-5-7-10-19/h5-15,23H,4,16-17H2,1-3H3,(H,31,35). The van der Waals surface area contributed by atoms with E-state index < -0.39 is 34.4 Å². The van der Waals surface area contributed by atoms with Crippen LogP contribution in [-0.4, -0.2) is 51.9 Å². The minimum atomic E-state index is -4.28. The maximum Gasteiger partial charge on any atom is 0.264 e. The van der Waals surface area contributed by atoms with E-state index in [1.807, 2.05) is 0 Å². The number of methoxy groups -OCH3 is 1. The smallest absolute Gasteiger partial charge is 0.264 e. The Morgan fingerprint density at radius 2 is 1.62 bits per heavy atom. The average molecular weight is 613 g/mol. The van der Waals surface area contributed by atoms with E-state index in [0.29, 0.717) is 15.6 Å². The largest absolute Gasteiger partial charge is 0.495 e. The molecule has 0 saturated heterocycles. The van der Waals surface area contributed by atoms with E-state index in [1.54, 1.807) is 49.4 Å². The summed E-state index contributed by atoms with van der Waals surface area (Å²) in [5.41, 5.74) is 0.486. The summed E-state index contributed by atoms with van der Waals surface area (Å²) in [5, 5.41) is 3.41. The number of amides is 2. The fourth-order valence-corrected chi connectivity index (χ4v) is 6.15. The number of likely N-dealkylation sites (N-methyl/N-ethyl adjacent to an activating group) is 1. The van der Waals surface area contributed by atoms with E-state index in [-0.39, 0.29) is 34.3 Å². The lowest BCUT2D eigenvalue weighted by Gasteiger charge is -2.33. The van der Waals surface area contributed by atoms with E-state index in [1.165, 1.54) is 43.3 Å². The number of halogens is 3. The number of ether oxygens (including phenoxy) is 1. The fraction of sp³-hybridized carbons (Fsp3) is 0.259. The van der Waals surface area contributed by atoms with Gasteiger partial charge in [0.15, 0.2) is 0 Å². The number of anilines is 1. The summed E-state index contributed by atoms with van der Waals surface area (Å²) in [4.78, 5) is 28.1. The normalized spacial score (nSPS) is 11.9. The Hall–Kier alpha value is -2.98. The Morgan fingerprint density at radius 3 is 2.18 bits per heavy atom. The third-order valence-electron chi connectivity index (χ3n) is 6.04. The van der Waals surface area contributed by atoms with Crippen molar-refractivity contribution in [1.82, 2.24) is 10.2 Å². The summed E-state index contributed by atoms with van der Waals surface area (Å²) >= 11 is 19.0. The quantitative estimate of drug-likeness (QED) is 0.313. The number of hydrogen-bond acceptors (Lipinski definition) is 5. The molecule has 0 radical (unpaired) electrons. The topological polar surface area (TPSA) is 96.0 Å². The molecule has 1 N–H and O–H groups in total. The van der Waals surface area contributed by atoms with Gasteiger partial charge in [-0.25, -0.2) is 8.42 Å². The number of nitrogens with zero attached hydrogens (tertiary/aromatic N) is 2. The average Bonchev–Trinajstić information content (AvgIpc) is 2.93. The lowest BCUT2D eigenvalue weighted by atomic mass is 10.1. The number of rotatable bonds is 11. The number of nitrogens with one attached hydrogen (secondary N) is 1. The number of benzene rings is 3. The van der Waals surface area contributed by atoms with Crippen molar-refractivity contribution in [3.63, 3.8) is 0 Å². The number of hydrogen-bond donors (Lipinski definition) is 1. The first-order chi connectivity index (χ1) is 18.5. The molecule has 0 bridgehead atoms. The van der Waals surface area contributed by atoms with Crippen LogP contribution in [0.1, 0.15) is 18.9 Å². The van der Waals surface area contributed by atoms with E-state index in [0.717, 1.165) is 4.31 Å². The first-order valence-electron chi connectivity index (χ1n) is 11.9. The lowest BCUT2D eigenvalue weighted by Crippen LogP contribution is -2.51. The molecular weight excluding hydrogens is 585 g/mol. The van der Waals surface area contributed by atoms with Crippen LogP contribution < -0.4 is 14.4 Å². The second-order valence-electron chi connectivity index (χ2n) is 8.40. The zero-order valence-corrected chi connectivity index (χ0v) is 24.6. The molecule has 0 saturated carbocycles. The predicted molar refractivity (Wildman–Crippen MR) is 154 cm³/mol. The van der Waals surface area contributed by atoms with Gasteiger partial charge in [0, 0.05) is 34.2 Å². The zero-order chi connectivity index (χ0) is 28.7. The van der Waals surface area contributed by atoms with Crippen molar-refractivity contribution in [2.45, 2.75) is 30.8 Å². The summed E-state index contributed by atoms with van der Waals surface area (Å²) in [7, 11) is -1.45. The van der Waals surface area contributed by atoms with Crippen molar-refractivity contribution in [3.8, 4) is 5.75 Å². The van der Waals surface area contributed by atoms with Crippen LogP contribution in [0.3, 0.4) is 0 Å². The molecule has 3 aromatic rings. The lowest BCUT2D eigenvalue weighted by molar-refractivity contribution is -0.140. The second-order valence-corrected chi connectivity index (χ2v) is 11.5. The summed E-state index contributed by atoms with van der Waals surface area (Å²) in [6.45, 7) is 0.950. The molecule has 39 heavy (non-hydrogen) atoms. The van der Waals surface area contributed by atoms with E-state index in [4.69, 9.17) is 39.5 Å². The SMILES string of the molecule is CCC(C(=O)NC)N(Cc1c(Cl)cccc1Cl)C(=O)CN(c1cc(Cl)ccc1OC)S(=O)(=O)c1ccccc1. The first-order valence-corrected chi connectivity index (χ1v) is 14.5. The summed E-state index contributed by atoms with van der Waals surface area (Å²) < 4.78 is 34.1. The van der Waals surface area contributed by atoms with Gasteiger partial charge in [0.2, 0.25) is 11.8 Å². The molecule has 0 aromatic heterocycles. The molecule has 0 spiro atoms. The van der Waals surface area contributed by atoms with Crippen LogP contribution in [0.25, 0.3) is 0 Å². The predicted octanol–water partition coefficient (Wildman–Crippen LogP) is 5.40. The number of carbonyl (C=O) groups is 2. The first kappa shape index (κ1) is 30.6. The van der Waals surface area contributed by atoms with Crippen LogP contribution in [-0.2, 0) is 26.2 Å². The monoisotopic (exact) mass is 611 g/mol. The van der Waals surface area contributed by atoms with Gasteiger partial charge >= 0.3 is 0 Å². The molecule has 0 aliphatic rings. The highest BCUT2D eigenvalue weighted by Gasteiger charge is 2.35. The molecule has 3 aromatic carbocycles. The third kappa shape index (κ3) is 6.97. The van der Waals surface area contributed by atoms with Gasteiger partial charge in [-0.2, -0.15) is 0 Å². The van der Waals surface area contributed by atoms with Gasteiger partial charge in [-0.1, -0.05) is 66.0 Å². The summed E-state index contributed by atoms with van der Waals surface area (Å²) in [5.74, 6) is -0.902. The molecule has 208 valence electrons. The molecule has 8 nitrogen and oxygen atoms in total. The van der Waals surface area contributed by atoms with Crippen molar-refractivity contribution in [3.05, 3.63) is 87.4 Å². The third-order valence-corrected chi connectivity index (χ3v) is 8.76. The zero-order valence-electron chi connectivity index (χ0n) is 21.5. The molecule has 1 atom stereocenters. The maximum absolute atomic E-state index is 14.0. The van der Waals surface area contributed by atoms with Gasteiger partial charge in [-0.05, 0) is 48.9 Å². The second kappa shape index (κ2) is 13.4. The highest BCUT2D eigenvalue weighted by molar-refractivity contribution is 7.92. The van der Waals surface area contributed by atoms with Crippen molar-refractivity contribution in [2.24, 2.45) is 0 Å². The number of carbonyl (C=O) groups excluding carboxylic acids is 2. The molecule has 12 heteroatoms. The van der Waals surface area contributed by atoms with Gasteiger partial charge in [0.25, 0.3) is 10.0 Å². The molecule has 0 aliphatic carbocycles. The Labute approximate surface area is 243 Å². The van der Waals surface area contributed by atoms with Gasteiger partial charge in [-0.3, -0.25) is 13.9 Å². The Morgan fingerprint density at radius 1 is 0.974 bits per heavy atom. The molecule has 2 amide bonds. The van der Waals surface area contributed by atoms with Gasteiger partial charge in [0.05, 0.1) is 17.7 Å². The van der Waals surface area contributed by atoms with Gasteiger partial charge < -0.3 is 15.0 Å². The molecule has 0 fully saturated rings. The van der Waals surface area contributed by atoms with E-state index in [2.05, 4.69) is 5.32 Å². The maximum atomic E-state index is 14.0.